The molecule has 6 heteroatoms. The van der Waals surface area contributed by atoms with E-state index in [2.05, 4.69) is 26.8 Å². The SMILES string of the molecule is CCc1nnc(SCC(C)C(=O)OC)nc1CC. The van der Waals surface area contributed by atoms with Crippen molar-refractivity contribution in [2.75, 3.05) is 12.9 Å². The summed E-state index contributed by atoms with van der Waals surface area (Å²) in [5, 5.41) is 8.85. The van der Waals surface area contributed by atoms with Crippen molar-refractivity contribution >= 4 is 17.7 Å². The van der Waals surface area contributed by atoms with E-state index < -0.39 is 0 Å². The van der Waals surface area contributed by atoms with Gasteiger partial charge in [0.25, 0.3) is 0 Å². The molecule has 0 bridgehead atoms. The van der Waals surface area contributed by atoms with Crippen LogP contribution in [0.2, 0.25) is 0 Å². The number of hydrogen-bond donors (Lipinski definition) is 0. The van der Waals surface area contributed by atoms with E-state index in [0.29, 0.717) is 10.9 Å². The molecule has 0 saturated heterocycles. The van der Waals surface area contributed by atoms with E-state index in [4.69, 9.17) is 0 Å². The third-order valence-electron chi connectivity index (χ3n) is 2.56. The normalized spacial score (nSPS) is 12.2. The van der Waals surface area contributed by atoms with Gasteiger partial charge in [0, 0.05) is 5.75 Å². The summed E-state index contributed by atoms with van der Waals surface area (Å²) in [5.41, 5.74) is 1.93. The molecule has 5 nitrogen and oxygen atoms in total. The molecule has 1 heterocycles. The first-order valence-corrected chi connectivity index (χ1v) is 7.03. The quantitative estimate of drug-likeness (QED) is 0.580. The lowest BCUT2D eigenvalue weighted by Gasteiger charge is -2.08. The van der Waals surface area contributed by atoms with Crippen molar-refractivity contribution in [3.05, 3.63) is 11.4 Å². The summed E-state index contributed by atoms with van der Waals surface area (Å²) in [4.78, 5) is 15.7. The maximum absolute atomic E-state index is 11.3. The van der Waals surface area contributed by atoms with Crippen LogP contribution in [-0.2, 0) is 22.4 Å². The summed E-state index contributed by atoms with van der Waals surface area (Å²) in [7, 11) is 1.40. The zero-order valence-corrected chi connectivity index (χ0v) is 12.1. The van der Waals surface area contributed by atoms with Gasteiger partial charge in [0.2, 0.25) is 5.16 Å². The molecule has 1 rings (SSSR count). The van der Waals surface area contributed by atoms with Crippen molar-refractivity contribution in [1.82, 2.24) is 15.2 Å². The fourth-order valence-corrected chi connectivity index (χ4v) is 2.26. The number of carbonyl (C=O) groups is 1. The highest BCUT2D eigenvalue weighted by Gasteiger charge is 2.15. The minimum atomic E-state index is -0.212. The second kappa shape index (κ2) is 7.31. The molecule has 0 saturated carbocycles. The predicted octanol–water partition coefficient (Wildman–Crippen LogP) is 1.90. The number of rotatable bonds is 6. The highest BCUT2D eigenvalue weighted by Crippen LogP contribution is 2.18. The van der Waals surface area contributed by atoms with Gasteiger partial charge >= 0.3 is 5.97 Å². The van der Waals surface area contributed by atoms with Crippen LogP contribution < -0.4 is 0 Å². The number of carbonyl (C=O) groups excluding carboxylic acids is 1. The summed E-state index contributed by atoms with van der Waals surface area (Å²) in [5.74, 6) is 0.221. The Morgan fingerprint density at radius 1 is 1.28 bits per heavy atom. The highest BCUT2D eigenvalue weighted by molar-refractivity contribution is 7.99. The molecule has 0 radical (unpaired) electrons. The fraction of sp³-hybridized carbons (Fsp3) is 0.667. The van der Waals surface area contributed by atoms with Crippen LogP contribution >= 0.6 is 11.8 Å². The van der Waals surface area contributed by atoms with Crippen molar-refractivity contribution in [3.63, 3.8) is 0 Å². The Bertz CT molecular complexity index is 412. The maximum atomic E-state index is 11.3. The average Bonchev–Trinajstić information content (AvgIpc) is 2.43. The van der Waals surface area contributed by atoms with Crippen LogP contribution in [-0.4, -0.2) is 34.0 Å². The largest absolute Gasteiger partial charge is 0.469 e. The third-order valence-corrected chi connectivity index (χ3v) is 3.65. The van der Waals surface area contributed by atoms with Crippen LogP contribution in [0.5, 0.6) is 0 Å². The topological polar surface area (TPSA) is 65.0 Å². The summed E-state index contributed by atoms with van der Waals surface area (Å²) in [6.07, 6.45) is 1.69. The molecule has 1 aromatic heterocycles. The van der Waals surface area contributed by atoms with Crippen LogP contribution in [0.25, 0.3) is 0 Å². The van der Waals surface area contributed by atoms with E-state index in [1.165, 1.54) is 18.9 Å². The first-order valence-electron chi connectivity index (χ1n) is 6.05. The number of aromatic nitrogens is 3. The summed E-state index contributed by atoms with van der Waals surface area (Å²) >= 11 is 1.44. The van der Waals surface area contributed by atoms with Crippen molar-refractivity contribution in [2.24, 2.45) is 5.92 Å². The Morgan fingerprint density at radius 2 is 1.94 bits per heavy atom. The van der Waals surface area contributed by atoms with Gasteiger partial charge in [-0.05, 0) is 12.8 Å². The maximum Gasteiger partial charge on any atom is 0.309 e. The predicted molar refractivity (Wildman–Crippen MR) is 70.5 cm³/mol. The number of ether oxygens (including phenoxy) is 1. The Hall–Kier alpha value is -1.17. The van der Waals surface area contributed by atoms with Crippen LogP contribution in [0.4, 0.5) is 0 Å². The van der Waals surface area contributed by atoms with Crippen LogP contribution in [0.3, 0.4) is 0 Å². The highest BCUT2D eigenvalue weighted by atomic mass is 32.2. The standard InChI is InChI=1S/C12H19N3O2S/c1-5-9-10(6-2)14-15-12(13-9)18-7-8(3)11(16)17-4/h8H,5-7H2,1-4H3. The first kappa shape index (κ1) is 14.9. The molecule has 0 amide bonds. The molecular formula is C12H19N3O2S. The minimum Gasteiger partial charge on any atom is -0.469 e. The molecule has 0 aliphatic rings. The summed E-state index contributed by atoms with van der Waals surface area (Å²) in [6.45, 7) is 5.92. The Kier molecular flexibility index (Phi) is 6.04. The van der Waals surface area contributed by atoms with Crippen molar-refractivity contribution < 1.29 is 9.53 Å². The van der Waals surface area contributed by atoms with E-state index in [9.17, 15) is 4.79 Å². The molecular weight excluding hydrogens is 250 g/mol. The zero-order valence-electron chi connectivity index (χ0n) is 11.3. The van der Waals surface area contributed by atoms with Crippen LogP contribution in [0, 0.1) is 5.92 Å². The smallest absolute Gasteiger partial charge is 0.309 e. The van der Waals surface area contributed by atoms with E-state index >= 15 is 0 Å². The zero-order chi connectivity index (χ0) is 13.5. The molecule has 100 valence electrons. The number of thioether (sulfide) groups is 1. The van der Waals surface area contributed by atoms with Crippen molar-refractivity contribution in [1.29, 1.82) is 0 Å². The number of esters is 1. The molecule has 0 N–H and O–H groups in total. The molecule has 0 aliphatic carbocycles. The summed E-state index contributed by atoms with van der Waals surface area (Å²) < 4.78 is 4.67. The number of aryl methyl sites for hydroxylation is 2. The van der Waals surface area contributed by atoms with Crippen molar-refractivity contribution in [3.8, 4) is 0 Å². The summed E-state index contributed by atoms with van der Waals surface area (Å²) in [6, 6.07) is 0. The monoisotopic (exact) mass is 269 g/mol. The van der Waals surface area contributed by atoms with E-state index in [-0.39, 0.29) is 11.9 Å². The van der Waals surface area contributed by atoms with Crippen molar-refractivity contribution in [2.45, 2.75) is 38.8 Å². The van der Waals surface area contributed by atoms with Gasteiger partial charge in [0.15, 0.2) is 0 Å². The molecule has 1 aromatic rings. The van der Waals surface area contributed by atoms with Gasteiger partial charge in [-0.1, -0.05) is 32.5 Å². The van der Waals surface area contributed by atoms with E-state index in [1.54, 1.807) is 0 Å². The van der Waals surface area contributed by atoms with Crippen LogP contribution in [0.15, 0.2) is 5.16 Å². The molecule has 1 atom stereocenters. The van der Waals surface area contributed by atoms with E-state index in [0.717, 1.165) is 24.2 Å². The van der Waals surface area contributed by atoms with Gasteiger partial charge in [-0.3, -0.25) is 4.79 Å². The molecule has 0 fully saturated rings. The second-order valence-electron chi connectivity index (χ2n) is 3.93. The number of hydrogen-bond acceptors (Lipinski definition) is 6. The van der Waals surface area contributed by atoms with Gasteiger partial charge < -0.3 is 4.74 Å². The Labute approximate surface area is 112 Å². The second-order valence-corrected chi connectivity index (χ2v) is 4.92. The molecule has 1 unspecified atom stereocenters. The van der Waals surface area contributed by atoms with Gasteiger partial charge in [-0.2, -0.15) is 5.10 Å². The first-order chi connectivity index (χ1) is 8.62. The lowest BCUT2D eigenvalue weighted by atomic mass is 10.2. The van der Waals surface area contributed by atoms with Gasteiger partial charge in [0.05, 0.1) is 24.4 Å². The fourth-order valence-electron chi connectivity index (χ4n) is 1.45. The molecule has 0 aliphatic heterocycles. The molecule has 0 spiro atoms. The Balaban J connectivity index is 2.65. The minimum absolute atomic E-state index is 0.167. The van der Waals surface area contributed by atoms with Gasteiger partial charge in [-0.25, -0.2) is 4.98 Å². The lowest BCUT2D eigenvalue weighted by molar-refractivity contribution is -0.143. The van der Waals surface area contributed by atoms with E-state index in [1.807, 2.05) is 13.8 Å². The molecule has 0 aromatic carbocycles. The molecule has 18 heavy (non-hydrogen) atoms. The van der Waals surface area contributed by atoms with Gasteiger partial charge in [0.1, 0.15) is 0 Å². The Morgan fingerprint density at radius 3 is 2.50 bits per heavy atom. The van der Waals surface area contributed by atoms with Gasteiger partial charge in [-0.15, -0.1) is 5.10 Å². The third kappa shape index (κ3) is 3.94. The average molecular weight is 269 g/mol. The number of nitrogens with zero attached hydrogens (tertiary/aromatic N) is 3. The van der Waals surface area contributed by atoms with Crippen LogP contribution in [0.1, 0.15) is 32.2 Å². The lowest BCUT2D eigenvalue weighted by Crippen LogP contribution is -2.15. The number of methoxy groups -OCH3 is 1.